The first-order chi connectivity index (χ1) is 9.70. The minimum absolute atomic E-state index is 0.144. The smallest absolute Gasteiger partial charge is 0.258 e. The van der Waals surface area contributed by atoms with Gasteiger partial charge in [-0.15, -0.1) is 0 Å². The summed E-state index contributed by atoms with van der Waals surface area (Å²) in [5.74, 6) is 1.57. The summed E-state index contributed by atoms with van der Waals surface area (Å²) in [6.45, 7) is 0. The SMILES string of the molecule is O=[N+]([O-])c1ccc(C=C2C=C3C(=C2)C2CCC3C2)cc1. The molecule has 4 rings (SSSR count). The zero-order valence-electron chi connectivity index (χ0n) is 11.1. The molecule has 2 atom stereocenters. The van der Waals surface area contributed by atoms with E-state index in [1.807, 2.05) is 12.1 Å². The maximum atomic E-state index is 10.6. The van der Waals surface area contributed by atoms with Gasteiger partial charge in [-0.2, -0.15) is 0 Å². The van der Waals surface area contributed by atoms with Gasteiger partial charge < -0.3 is 0 Å². The van der Waals surface area contributed by atoms with E-state index in [0.717, 1.165) is 17.4 Å². The van der Waals surface area contributed by atoms with E-state index in [9.17, 15) is 10.1 Å². The number of nitro groups is 1. The van der Waals surface area contributed by atoms with Crippen LogP contribution in [-0.2, 0) is 0 Å². The molecule has 0 N–H and O–H groups in total. The summed E-state index contributed by atoms with van der Waals surface area (Å²) in [6, 6.07) is 6.74. The summed E-state index contributed by atoms with van der Waals surface area (Å²) in [5, 5.41) is 10.6. The van der Waals surface area contributed by atoms with Crippen molar-refractivity contribution in [2.75, 3.05) is 0 Å². The van der Waals surface area contributed by atoms with Gasteiger partial charge in [-0.05, 0) is 71.6 Å². The molecule has 0 heterocycles. The van der Waals surface area contributed by atoms with Gasteiger partial charge in [0.25, 0.3) is 5.69 Å². The van der Waals surface area contributed by atoms with E-state index in [1.54, 1.807) is 23.3 Å². The standard InChI is InChI=1S/C17H15NO2/c19-18(20)15-5-1-11(2-6-15)7-12-8-16-13-3-4-14(10-13)17(16)9-12/h1-2,5-9,13-14H,3-4,10H2. The van der Waals surface area contributed by atoms with Gasteiger partial charge >= 0.3 is 0 Å². The van der Waals surface area contributed by atoms with Crippen molar-refractivity contribution >= 4 is 11.8 Å². The number of nitrogens with zero attached hydrogens (tertiary/aromatic N) is 1. The van der Waals surface area contributed by atoms with Crippen LogP contribution in [0.2, 0.25) is 0 Å². The number of hydrogen-bond acceptors (Lipinski definition) is 2. The number of benzene rings is 1. The summed E-state index contributed by atoms with van der Waals surface area (Å²) in [7, 11) is 0. The zero-order valence-corrected chi connectivity index (χ0v) is 11.1. The van der Waals surface area contributed by atoms with Crippen LogP contribution in [0.5, 0.6) is 0 Å². The van der Waals surface area contributed by atoms with E-state index in [-0.39, 0.29) is 10.6 Å². The molecule has 0 radical (unpaired) electrons. The average Bonchev–Trinajstić information content (AvgIpc) is 3.10. The molecule has 2 unspecified atom stereocenters. The fraction of sp³-hybridized carbons (Fsp3) is 0.294. The lowest BCUT2D eigenvalue weighted by molar-refractivity contribution is -0.384. The summed E-state index contributed by atoms with van der Waals surface area (Å²) >= 11 is 0. The fourth-order valence-corrected chi connectivity index (χ4v) is 3.79. The highest BCUT2D eigenvalue weighted by Crippen LogP contribution is 2.54. The van der Waals surface area contributed by atoms with E-state index in [4.69, 9.17) is 0 Å². The molecule has 0 amide bonds. The van der Waals surface area contributed by atoms with Crippen molar-refractivity contribution in [3.05, 3.63) is 68.8 Å². The highest BCUT2D eigenvalue weighted by atomic mass is 16.6. The van der Waals surface area contributed by atoms with Crippen LogP contribution >= 0.6 is 0 Å². The quantitative estimate of drug-likeness (QED) is 0.592. The van der Waals surface area contributed by atoms with E-state index in [0.29, 0.717) is 0 Å². The fourth-order valence-electron chi connectivity index (χ4n) is 3.79. The molecular formula is C17H15NO2. The first-order valence-corrected chi connectivity index (χ1v) is 7.10. The summed E-state index contributed by atoms with van der Waals surface area (Å²) < 4.78 is 0. The largest absolute Gasteiger partial charge is 0.269 e. The number of rotatable bonds is 2. The van der Waals surface area contributed by atoms with Crippen LogP contribution in [0.1, 0.15) is 24.8 Å². The van der Waals surface area contributed by atoms with Gasteiger partial charge in [0.05, 0.1) is 4.92 Å². The Hall–Kier alpha value is -2.16. The Bertz CT molecular complexity index is 651. The number of hydrogen-bond donors (Lipinski definition) is 0. The molecule has 3 nitrogen and oxygen atoms in total. The Morgan fingerprint density at radius 2 is 1.65 bits per heavy atom. The minimum Gasteiger partial charge on any atom is -0.258 e. The lowest BCUT2D eigenvalue weighted by atomic mass is 9.92. The van der Waals surface area contributed by atoms with Crippen molar-refractivity contribution in [1.29, 1.82) is 0 Å². The predicted molar refractivity (Wildman–Crippen MR) is 78.1 cm³/mol. The number of fused-ring (bicyclic) bond motifs is 5. The number of nitro benzene ring substituents is 1. The Labute approximate surface area is 117 Å². The molecule has 3 aliphatic rings. The molecule has 0 saturated heterocycles. The molecule has 0 spiro atoms. The van der Waals surface area contributed by atoms with Crippen LogP contribution < -0.4 is 0 Å². The molecular weight excluding hydrogens is 250 g/mol. The first-order valence-electron chi connectivity index (χ1n) is 7.10. The molecule has 1 aromatic carbocycles. The maximum absolute atomic E-state index is 10.6. The summed E-state index contributed by atoms with van der Waals surface area (Å²) in [6.07, 6.45) is 10.8. The highest BCUT2D eigenvalue weighted by molar-refractivity contribution is 5.68. The van der Waals surface area contributed by atoms with Crippen molar-refractivity contribution in [2.24, 2.45) is 11.8 Å². The molecule has 100 valence electrons. The van der Waals surface area contributed by atoms with Crippen molar-refractivity contribution in [1.82, 2.24) is 0 Å². The van der Waals surface area contributed by atoms with E-state index >= 15 is 0 Å². The van der Waals surface area contributed by atoms with Gasteiger partial charge in [0.2, 0.25) is 0 Å². The van der Waals surface area contributed by atoms with Gasteiger partial charge in [-0.1, -0.05) is 12.2 Å². The average molecular weight is 265 g/mol. The van der Waals surface area contributed by atoms with Crippen LogP contribution in [0.15, 0.2) is 53.1 Å². The normalized spacial score (nSPS) is 26.3. The Morgan fingerprint density at radius 3 is 2.20 bits per heavy atom. The minimum atomic E-state index is -0.363. The lowest BCUT2D eigenvalue weighted by Gasteiger charge is -2.12. The van der Waals surface area contributed by atoms with Gasteiger partial charge in [-0.25, -0.2) is 0 Å². The van der Waals surface area contributed by atoms with Crippen LogP contribution in [-0.4, -0.2) is 4.92 Å². The summed E-state index contributed by atoms with van der Waals surface area (Å²) in [4.78, 5) is 10.3. The first kappa shape index (κ1) is 11.6. The number of non-ortho nitro benzene ring substituents is 1. The molecule has 20 heavy (non-hydrogen) atoms. The van der Waals surface area contributed by atoms with Gasteiger partial charge in [0.1, 0.15) is 0 Å². The molecule has 0 aliphatic heterocycles. The van der Waals surface area contributed by atoms with Gasteiger partial charge in [0.15, 0.2) is 0 Å². The van der Waals surface area contributed by atoms with Crippen LogP contribution in [0.4, 0.5) is 5.69 Å². The van der Waals surface area contributed by atoms with Crippen LogP contribution in [0, 0.1) is 22.0 Å². The van der Waals surface area contributed by atoms with Crippen LogP contribution in [0.25, 0.3) is 6.08 Å². The second-order valence-electron chi connectivity index (χ2n) is 5.90. The summed E-state index contributed by atoms with van der Waals surface area (Å²) in [5.41, 5.74) is 5.50. The third kappa shape index (κ3) is 1.73. The Morgan fingerprint density at radius 1 is 1.05 bits per heavy atom. The molecule has 3 heteroatoms. The Balaban J connectivity index is 1.63. The Kier molecular flexibility index (Phi) is 2.43. The molecule has 1 aromatic rings. The topological polar surface area (TPSA) is 43.1 Å². The lowest BCUT2D eigenvalue weighted by Crippen LogP contribution is -1.99. The monoisotopic (exact) mass is 265 g/mol. The predicted octanol–water partition coefficient (Wildman–Crippen LogP) is 4.27. The van der Waals surface area contributed by atoms with Gasteiger partial charge in [-0.3, -0.25) is 10.1 Å². The molecule has 3 aliphatic carbocycles. The number of allylic oxidation sites excluding steroid dienone is 5. The third-order valence-electron chi connectivity index (χ3n) is 4.73. The highest BCUT2D eigenvalue weighted by Gasteiger charge is 2.40. The zero-order chi connectivity index (χ0) is 13.7. The van der Waals surface area contributed by atoms with E-state index in [2.05, 4.69) is 18.2 Å². The molecule has 0 aromatic heterocycles. The molecule has 2 fully saturated rings. The van der Waals surface area contributed by atoms with Crippen molar-refractivity contribution in [3.8, 4) is 0 Å². The van der Waals surface area contributed by atoms with Crippen molar-refractivity contribution in [3.63, 3.8) is 0 Å². The van der Waals surface area contributed by atoms with Crippen molar-refractivity contribution in [2.45, 2.75) is 19.3 Å². The third-order valence-corrected chi connectivity index (χ3v) is 4.73. The van der Waals surface area contributed by atoms with Crippen molar-refractivity contribution < 1.29 is 4.92 Å². The van der Waals surface area contributed by atoms with E-state index in [1.165, 1.54) is 24.8 Å². The van der Waals surface area contributed by atoms with Gasteiger partial charge in [0, 0.05) is 12.1 Å². The van der Waals surface area contributed by atoms with Crippen LogP contribution in [0.3, 0.4) is 0 Å². The van der Waals surface area contributed by atoms with E-state index < -0.39 is 0 Å². The maximum Gasteiger partial charge on any atom is 0.269 e. The second-order valence-corrected chi connectivity index (χ2v) is 5.90. The molecule has 2 bridgehead atoms. The second kappa shape index (κ2) is 4.17. The molecule has 2 saturated carbocycles.